The van der Waals surface area contributed by atoms with Gasteiger partial charge >= 0.3 is 0 Å². The van der Waals surface area contributed by atoms with Crippen molar-refractivity contribution in [1.29, 1.82) is 0 Å². The van der Waals surface area contributed by atoms with Gasteiger partial charge in [-0.2, -0.15) is 0 Å². The van der Waals surface area contributed by atoms with E-state index < -0.39 is 15.8 Å². The Labute approximate surface area is 127 Å². The molecule has 0 fully saturated rings. The van der Waals surface area contributed by atoms with Crippen LogP contribution in [0.4, 0.5) is 10.1 Å². The number of Topliss-reactive ketones (excluding diaryl/α,β-unsaturated/α-hetero) is 1. The molecule has 0 aromatic heterocycles. The predicted octanol–water partition coefficient (Wildman–Crippen LogP) is 2.84. The molecule has 0 atom stereocenters. The number of hydrogen-bond donors (Lipinski definition) is 1. The number of anilines is 1. The van der Waals surface area contributed by atoms with Crippen LogP contribution >= 0.6 is 0 Å². The fraction of sp³-hybridized carbons (Fsp3) is 0.133. The molecule has 0 unspecified atom stereocenters. The molecule has 2 aromatic rings. The number of carbonyl (C=O) groups is 1. The number of halogens is 1. The Kier molecular flexibility index (Phi) is 4.46. The number of carbonyl (C=O) groups excluding carboxylic acids is 1. The zero-order valence-electron chi connectivity index (χ0n) is 12.0. The Morgan fingerprint density at radius 3 is 2.27 bits per heavy atom. The molecule has 0 heterocycles. The number of ketones is 1. The lowest BCUT2D eigenvalue weighted by Gasteiger charge is -2.09. The van der Waals surface area contributed by atoms with Crippen LogP contribution in [0.3, 0.4) is 0 Å². The van der Waals surface area contributed by atoms with E-state index in [-0.39, 0.29) is 22.1 Å². The highest BCUT2D eigenvalue weighted by molar-refractivity contribution is 7.92. The number of sulfonamides is 1. The van der Waals surface area contributed by atoms with Gasteiger partial charge in [0.15, 0.2) is 17.3 Å². The van der Waals surface area contributed by atoms with Crippen molar-refractivity contribution in [2.24, 2.45) is 0 Å². The van der Waals surface area contributed by atoms with Crippen molar-refractivity contribution in [3.05, 3.63) is 53.8 Å². The summed E-state index contributed by atoms with van der Waals surface area (Å²) in [5, 5.41) is 0. The molecule has 0 spiro atoms. The van der Waals surface area contributed by atoms with Crippen molar-refractivity contribution >= 4 is 21.5 Å². The van der Waals surface area contributed by atoms with E-state index in [0.717, 1.165) is 6.07 Å². The molecule has 0 aliphatic heterocycles. The molecule has 0 aliphatic carbocycles. The van der Waals surface area contributed by atoms with Crippen LogP contribution in [0.5, 0.6) is 5.75 Å². The Hall–Kier alpha value is -2.41. The first-order chi connectivity index (χ1) is 10.3. The molecule has 116 valence electrons. The standard InChI is InChI=1S/C15H14FNO4S/c1-10(18)11-3-6-13(7-4-11)22(19,20)17-12-5-8-15(21-2)14(16)9-12/h3-9,17H,1-2H3. The van der Waals surface area contributed by atoms with Gasteiger partial charge in [0.25, 0.3) is 10.0 Å². The van der Waals surface area contributed by atoms with Crippen LogP contribution < -0.4 is 9.46 Å². The minimum Gasteiger partial charge on any atom is -0.494 e. The summed E-state index contributed by atoms with van der Waals surface area (Å²) in [7, 11) is -2.54. The molecule has 0 amide bonds. The van der Waals surface area contributed by atoms with Crippen molar-refractivity contribution in [3.63, 3.8) is 0 Å². The molecule has 0 saturated carbocycles. The molecule has 5 nitrogen and oxygen atoms in total. The van der Waals surface area contributed by atoms with Gasteiger partial charge in [0, 0.05) is 11.6 Å². The summed E-state index contributed by atoms with van der Waals surface area (Å²) in [6, 6.07) is 9.23. The predicted molar refractivity (Wildman–Crippen MR) is 80.2 cm³/mol. The van der Waals surface area contributed by atoms with E-state index in [2.05, 4.69) is 4.72 Å². The summed E-state index contributed by atoms with van der Waals surface area (Å²) >= 11 is 0. The van der Waals surface area contributed by atoms with Crippen molar-refractivity contribution in [3.8, 4) is 5.75 Å². The highest BCUT2D eigenvalue weighted by atomic mass is 32.2. The maximum Gasteiger partial charge on any atom is 0.261 e. The van der Waals surface area contributed by atoms with Crippen LogP contribution in [0, 0.1) is 5.82 Å². The van der Waals surface area contributed by atoms with Crippen LogP contribution in [0.1, 0.15) is 17.3 Å². The molecular formula is C15H14FNO4S. The lowest BCUT2D eigenvalue weighted by Crippen LogP contribution is -2.13. The molecule has 1 N–H and O–H groups in total. The number of benzene rings is 2. The lowest BCUT2D eigenvalue weighted by atomic mass is 10.2. The van der Waals surface area contributed by atoms with Gasteiger partial charge in [0.05, 0.1) is 17.7 Å². The van der Waals surface area contributed by atoms with Gasteiger partial charge in [-0.1, -0.05) is 12.1 Å². The number of methoxy groups -OCH3 is 1. The third kappa shape index (κ3) is 3.43. The average Bonchev–Trinajstić information content (AvgIpc) is 2.47. The van der Waals surface area contributed by atoms with Gasteiger partial charge in [0.1, 0.15) is 0 Å². The largest absolute Gasteiger partial charge is 0.494 e. The van der Waals surface area contributed by atoms with E-state index in [1.807, 2.05) is 0 Å². The van der Waals surface area contributed by atoms with Crippen LogP contribution in [-0.2, 0) is 10.0 Å². The first-order valence-corrected chi connectivity index (χ1v) is 7.79. The SMILES string of the molecule is COc1ccc(NS(=O)(=O)c2ccc(C(C)=O)cc2)cc1F. The van der Waals surface area contributed by atoms with Crippen molar-refractivity contribution in [2.45, 2.75) is 11.8 Å². The van der Waals surface area contributed by atoms with Gasteiger partial charge in [-0.15, -0.1) is 0 Å². The third-order valence-electron chi connectivity index (χ3n) is 2.98. The van der Waals surface area contributed by atoms with Crippen LogP contribution in [0.2, 0.25) is 0 Å². The fourth-order valence-corrected chi connectivity index (χ4v) is 2.86. The summed E-state index contributed by atoms with van der Waals surface area (Å²) in [6.07, 6.45) is 0. The minimum atomic E-state index is -3.86. The average molecular weight is 323 g/mol. The topological polar surface area (TPSA) is 72.5 Å². The molecule has 0 radical (unpaired) electrons. The normalized spacial score (nSPS) is 11.0. The summed E-state index contributed by atoms with van der Waals surface area (Å²) < 4.78 is 45.0. The second-order valence-electron chi connectivity index (χ2n) is 4.54. The zero-order valence-corrected chi connectivity index (χ0v) is 12.8. The smallest absolute Gasteiger partial charge is 0.261 e. The van der Waals surface area contributed by atoms with Crippen molar-refractivity contribution < 1.29 is 22.3 Å². The van der Waals surface area contributed by atoms with E-state index >= 15 is 0 Å². The first kappa shape index (κ1) is 16.0. The summed E-state index contributed by atoms with van der Waals surface area (Å²) in [4.78, 5) is 11.2. The number of rotatable bonds is 5. The monoisotopic (exact) mass is 323 g/mol. The molecular weight excluding hydrogens is 309 g/mol. The summed E-state index contributed by atoms with van der Waals surface area (Å²) in [5.41, 5.74) is 0.489. The molecule has 7 heteroatoms. The quantitative estimate of drug-likeness (QED) is 0.859. The Bertz CT molecular complexity index is 801. The highest BCUT2D eigenvalue weighted by Crippen LogP contribution is 2.23. The van der Waals surface area contributed by atoms with Gasteiger partial charge in [-0.05, 0) is 31.2 Å². The maximum atomic E-state index is 13.6. The van der Waals surface area contributed by atoms with E-state index in [1.165, 1.54) is 50.4 Å². The van der Waals surface area contributed by atoms with Gasteiger partial charge in [-0.25, -0.2) is 12.8 Å². The Morgan fingerprint density at radius 1 is 1.14 bits per heavy atom. The van der Waals surface area contributed by atoms with Crippen LogP contribution in [0.25, 0.3) is 0 Å². The molecule has 22 heavy (non-hydrogen) atoms. The van der Waals surface area contributed by atoms with Gasteiger partial charge < -0.3 is 4.74 Å². The molecule has 0 aliphatic rings. The molecule has 0 saturated heterocycles. The van der Waals surface area contributed by atoms with Crippen molar-refractivity contribution in [2.75, 3.05) is 11.8 Å². The second kappa shape index (κ2) is 6.15. The Balaban J connectivity index is 2.27. The van der Waals surface area contributed by atoms with Crippen LogP contribution in [0.15, 0.2) is 47.4 Å². The van der Waals surface area contributed by atoms with E-state index in [0.29, 0.717) is 5.56 Å². The van der Waals surface area contributed by atoms with E-state index in [4.69, 9.17) is 4.74 Å². The molecule has 2 aromatic carbocycles. The minimum absolute atomic E-state index is 0.0197. The lowest BCUT2D eigenvalue weighted by molar-refractivity contribution is 0.101. The number of hydrogen-bond acceptors (Lipinski definition) is 4. The summed E-state index contributed by atoms with van der Waals surface area (Å²) in [6.45, 7) is 1.39. The first-order valence-electron chi connectivity index (χ1n) is 6.31. The van der Waals surface area contributed by atoms with Crippen molar-refractivity contribution in [1.82, 2.24) is 0 Å². The Morgan fingerprint density at radius 2 is 1.77 bits per heavy atom. The highest BCUT2D eigenvalue weighted by Gasteiger charge is 2.15. The van der Waals surface area contributed by atoms with Crippen LogP contribution in [-0.4, -0.2) is 21.3 Å². The third-order valence-corrected chi connectivity index (χ3v) is 4.37. The number of ether oxygens (including phenoxy) is 1. The van der Waals surface area contributed by atoms with Gasteiger partial charge in [0.2, 0.25) is 0 Å². The van der Waals surface area contributed by atoms with E-state index in [1.54, 1.807) is 0 Å². The van der Waals surface area contributed by atoms with Gasteiger partial charge in [-0.3, -0.25) is 9.52 Å². The van der Waals surface area contributed by atoms with E-state index in [9.17, 15) is 17.6 Å². The molecule has 0 bridgehead atoms. The number of nitrogens with one attached hydrogen (secondary N) is 1. The maximum absolute atomic E-state index is 13.6. The summed E-state index contributed by atoms with van der Waals surface area (Å²) in [5.74, 6) is -0.808. The zero-order chi connectivity index (χ0) is 16.3. The molecule has 2 rings (SSSR count). The second-order valence-corrected chi connectivity index (χ2v) is 6.22. The fourth-order valence-electron chi connectivity index (χ4n) is 1.81.